The highest BCUT2D eigenvalue weighted by Crippen LogP contribution is 2.15. The van der Waals surface area contributed by atoms with E-state index in [9.17, 15) is 0 Å². The van der Waals surface area contributed by atoms with Crippen LogP contribution >= 0.6 is 0 Å². The minimum Gasteiger partial charge on any atom is -0.466 e. The molecule has 0 bridgehead atoms. The molecule has 1 unspecified atom stereocenters. The van der Waals surface area contributed by atoms with Crippen molar-refractivity contribution in [2.75, 3.05) is 0 Å². The fourth-order valence-corrected chi connectivity index (χ4v) is 1.13. The van der Waals surface area contributed by atoms with Crippen LogP contribution in [0.25, 0.3) is 0 Å². The fourth-order valence-electron chi connectivity index (χ4n) is 1.13. The van der Waals surface area contributed by atoms with Gasteiger partial charge in [-0.25, -0.2) is 0 Å². The van der Waals surface area contributed by atoms with Gasteiger partial charge in [0.25, 0.3) is 0 Å². The summed E-state index contributed by atoms with van der Waals surface area (Å²) in [5.41, 5.74) is 6.61. The van der Waals surface area contributed by atoms with Gasteiger partial charge < -0.3 is 10.2 Å². The second kappa shape index (κ2) is 4.68. The van der Waals surface area contributed by atoms with Crippen LogP contribution in [0.5, 0.6) is 0 Å². The highest BCUT2D eigenvalue weighted by atomic mass is 16.3. The van der Waals surface area contributed by atoms with Gasteiger partial charge in [-0.3, -0.25) is 0 Å². The van der Waals surface area contributed by atoms with Gasteiger partial charge >= 0.3 is 0 Å². The fraction of sp³-hybridized carbons (Fsp3) is 0.500. The maximum absolute atomic E-state index is 8.54. The average Bonchev–Trinajstić information content (AvgIpc) is 2.62. The Morgan fingerprint density at radius 3 is 3.08 bits per heavy atom. The van der Waals surface area contributed by atoms with Gasteiger partial charge in [-0.1, -0.05) is 13.3 Å². The first-order chi connectivity index (χ1) is 6.27. The summed E-state index contributed by atoms with van der Waals surface area (Å²) >= 11 is 0. The van der Waals surface area contributed by atoms with Gasteiger partial charge in [-0.05, 0) is 24.5 Å². The quantitative estimate of drug-likeness (QED) is 0.768. The van der Waals surface area contributed by atoms with Crippen LogP contribution in [-0.4, -0.2) is 0 Å². The molecule has 0 aliphatic carbocycles. The van der Waals surface area contributed by atoms with Crippen LogP contribution < -0.4 is 5.73 Å². The summed E-state index contributed by atoms with van der Waals surface area (Å²) in [7, 11) is 0. The van der Waals surface area contributed by atoms with Gasteiger partial charge in [0, 0.05) is 0 Å². The van der Waals surface area contributed by atoms with E-state index in [4.69, 9.17) is 15.4 Å². The van der Waals surface area contributed by atoms with Crippen molar-refractivity contribution in [1.29, 1.82) is 5.26 Å². The van der Waals surface area contributed by atoms with Crippen molar-refractivity contribution in [2.24, 2.45) is 5.73 Å². The van der Waals surface area contributed by atoms with Gasteiger partial charge in [0.05, 0.1) is 12.3 Å². The summed E-state index contributed by atoms with van der Waals surface area (Å²) in [4.78, 5) is 0. The van der Waals surface area contributed by atoms with E-state index >= 15 is 0 Å². The summed E-state index contributed by atoms with van der Waals surface area (Å²) in [6.45, 7) is 2.14. The molecule has 0 radical (unpaired) electrons. The molecule has 1 rings (SSSR count). The van der Waals surface area contributed by atoms with Crippen molar-refractivity contribution in [3.05, 3.63) is 23.7 Å². The van der Waals surface area contributed by atoms with Crippen LogP contribution in [0.15, 0.2) is 16.7 Å². The monoisotopic (exact) mass is 178 g/mol. The predicted molar refractivity (Wildman–Crippen MR) is 49.9 cm³/mol. The molecule has 1 aromatic rings. The lowest BCUT2D eigenvalue weighted by Crippen LogP contribution is -2.05. The highest BCUT2D eigenvalue weighted by Gasteiger charge is 2.08. The van der Waals surface area contributed by atoms with Crippen molar-refractivity contribution in [3.8, 4) is 6.07 Å². The molecule has 0 spiro atoms. The number of hydrogen-bond donors (Lipinski definition) is 1. The van der Waals surface area contributed by atoms with Crippen LogP contribution in [0, 0.1) is 11.3 Å². The molecule has 0 fully saturated rings. The molecule has 2 N–H and O–H groups in total. The zero-order valence-corrected chi connectivity index (χ0v) is 7.79. The van der Waals surface area contributed by atoms with Gasteiger partial charge in [-0.15, -0.1) is 0 Å². The summed E-state index contributed by atoms with van der Waals surface area (Å²) in [5.74, 6) is 0.564. The second-order valence-corrected chi connectivity index (χ2v) is 3.07. The third kappa shape index (κ3) is 2.60. The van der Waals surface area contributed by atoms with Gasteiger partial charge in [0.1, 0.15) is 5.76 Å². The Balaban J connectivity index is 2.59. The molecule has 70 valence electrons. The number of nitrogens with zero attached hydrogens (tertiary/aromatic N) is 1. The molecule has 3 heteroatoms. The Kier molecular flexibility index (Phi) is 3.53. The minimum atomic E-state index is -0.629. The second-order valence-electron chi connectivity index (χ2n) is 3.07. The maximum atomic E-state index is 8.54. The van der Waals surface area contributed by atoms with Crippen LogP contribution in [-0.2, 0) is 6.42 Å². The van der Waals surface area contributed by atoms with Crippen molar-refractivity contribution in [1.82, 2.24) is 0 Å². The van der Waals surface area contributed by atoms with Gasteiger partial charge in [0.2, 0.25) is 0 Å². The van der Waals surface area contributed by atoms with E-state index in [1.165, 1.54) is 0 Å². The summed E-state index contributed by atoms with van der Waals surface area (Å²) in [5, 5.41) is 8.54. The van der Waals surface area contributed by atoms with Crippen molar-refractivity contribution < 1.29 is 4.42 Å². The van der Waals surface area contributed by atoms with Crippen molar-refractivity contribution >= 4 is 0 Å². The Bertz CT molecular complexity index is 298. The molecular weight excluding hydrogens is 164 g/mol. The van der Waals surface area contributed by atoms with Crippen LogP contribution in [0.3, 0.4) is 0 Å². The largest absolute Gasteiger partial charge is 0.466 e. The molecule has 0 aromatic carbocycles. The molecule has 13 heavy (non-hydrogen) atoms. The molecule has 0 saturated carbocycles. The normalized spacial score (nSPS) is 12.4. The zero-order valence-electron chi connectivity index (χ0n) is 7.79. The van der Waals surface area contributed by atoms with Crippen molar-refractivity contribution in [3.63, 3.8) is 0 Å². The van der Waals surface area contributed by atoms with E-state index < -0.39 is 6.04 Å². The number of nitrogens with two attached hydrogens (primary N) is 1. The van der Waals surface area contributed by atoms with E-state index in [1.54, 1.807) is 6.26 Å². The molecular formula is C10H14N2O. The first-order valence-electron chi connectivity index (χ1n) is 4.50. The first kappa shape index (κ1) is 9.82. The third-order valence-electron chi connectivity index (χ3n) is 1.94. The lowest BCUT2D eigenvalue weighted by Gasteiger charge is -1.94. The standard InChI is InChI=1S/C10H14N2O/c1-2-3-4-8-5-10(13-7-8)9(12)6-11/h5,7,9H,2-4,12H2,1H3. The number of aryl methyl sites for hydroxylation is 1. The Morgan fingerprint density at radius 2 is 2.46 bits per heavy atom. The topological polar surface area (TPSA) is 62.9 Å². The van der Waals surface area contributed by atoms with Crippen LogP contribution in [0.2, 0.25) is 0 Å². The summed E-state index contributed by atoms with van der Waals surface area (Å²) in [6, 6.07) is 3.17. The molecule has 1 aromatic heterocycles. The Morgan fingerprint density at radius 1 is 1.69 bits per heavy atom. The van der Waals surface area contributed by atoms with E-state index in [0.717, 1.165) is 24.8 Å². The molecule has 0 aliphatic heterocycles. The lowest BCUT2D eigenvalue weighted by molar-refractivity contribution is 0.495. The number of hydrogen-bond acceptors (Lipinski definition) is 3. The third-order valence-corrected chi connectivity index (χ3v) is 1.94. The molecule has 0 saturated heterocycles. The SMILES string of the molecule is CCCCc1coc(C(N)C#N)c1. The smallest absolute Gasteiger partial charge is 0.151 e. The number of rotatable bonds is 4. The van der Waals surface area contributed by atoms with Gasteiger partial charge in [0.15, 0.2) is 6.04 Å². The molecule has 3 nitrogen and oxygen atoms in total. The number of nitriles is 1. The van der Waals surface area contributed by atoms with E-state index in [2.05, 4.69) is 6.92 Å². The Labute approximate surface area is 78.1 Å². The lowest BCUT2D eigenvalue weighted by atomic mass is 10.1. The highest BCUT2D eigenvalue weighted by molar-refractivity contribution is 5.19. The zero-order chi connectivity index (χ0) is 9.68. The Hall–Kier alpha value is -1.27. The predicted octanol–water partition coefficient (Wildman–Crippen LogP) is 2.15. The number of furan rings is 1. The first-order valence-corrected chi connectivity index (χ1v) is 4.50. The summed E-state index contributed by atoms with van der Waals surface area (Å²) in [6.07, 6.45) is 4.98. The molecule has 0 amide bonds. The maximum Gasteiger partial charge on any atom is 0.151 e. The van der Waals surface area contributed by atoms with Gasteiger partial charge in [-0.2, -0.15) is 5.26 Å². The van der Waals surface area contributed by atoms with Crippen LogP contribution in [0.1, 0.15) is 37.1 Å². The van der Waals surface area contributed by atoms with E-state index in [-0.39, 0.29) is 0 Å². The van der Waals surface area contributed by atoms with Crippen molar-refractivity contribution in [2.45, 2.75) is 32.2 Å². The molecule has 1 heterocycles. The molecule has 0 aliphatic rings. The van der Waals surface area contributed by atoms with E-state index in [1.807, 2.05) is 12.1 Å². The van der Waals surface area contributed by atoms with E-state index in [0.29, 0.717) is 5.76 Å². The minimum absolute atomic E-state index is 0.564. The van der Waals surface area contributed by atoms with Crippen LogP contribution in [0.4, 0.5) is 0 Å². The molecule has 1 atom stereocenters. The summed E-state index contributed by atoms with van der Waals surface area (Å²) < 4.78 is 5.17. The average molecular weight is 178 g/mol. The number of unbranched alkanes of at least 4 members (excludes halogenated alkanes) is 1.